The molecule has 4 nitrogen and oxygen atoms in total. The normalized spacial score (nSPS) is 10.2. The van der Waals surface area contributed by atoms with Gasteiger partial charge in [-0.2, -0.15) is 0 Å². The van der Waals surface area contributed by atoms with E-state index in [2.05, 4.69) is 5.32 Å². The van der Waals surface area contributed by atoms with Crippen LogP contribution in [0.5, 0.6) is 0 Å². The fraction of sp³-hybridized carbons (Fsp3) is 0.267. The molecule has 1 heterocycles. The van der Waals surface area contributed by atoms with Crippen LogP contribution in [0.25, 0.3) is 0 Å². The number of nitrogens with one attached hydrogen (secondary N) is 1. The van der Waals surface area contributed by atoms with Gasteiger partial charge in [0, 0.05) is 10.6 Å². The number of carbonyl (C=O) groups excluding carboxylic acids is 1. The Hall–Kier alpha value is -1.85. The maximum atomic E-state index is 11.8. The van der Waals surface area contributed by atoms with Gasteiger partial charge in [-0.05, 0) is 42.5 Å². The molecule has 20 heavy (non-hydrogen) atoms. The third-order valence-corrected chi connectivity index (χ3v) is 3.68. The summed E-state index contributed by atoms with van der Waals surface area (Å²) < 4.78 is 5.19. The lowest BCUT2D eigenvalue weighted by atomic mass is 10.1. The fourth-order valence-electron chi connectivity index (χ4n) is 1.83. The second kappa shape index (κ2) is 7.67. The standard InChI is InChI=1S/C15H18N2O2S/c16-9-3-6-12-5-1-2-8-14(12)17-15(18)19-11-13-7-4-10-20-13/h1-2,4-5,7-8,10H,3,6,9,11,16H2,(H,17,18). The van der Waals surface area contributed by atoms with Gasteiger partial charge in [-0.25, -0.2) is 4.79 Å². The van der Waals surface area contributed by atoms with Gasteiger partial charge in [0.2, 0.25) is 0 Å². The summed E-state index contributed by atoms with van der Waals surface area (Å²) in [6, 6.07) is 11.6. The van der Waals surface area contributed by atoms with Crippen LogP contribution >= 0.6 is 11.3 Å². The summed E-state index contributed by atoms with van der Waals surface area (Å²) in [6.07, 6.45) is 1.31. The molecule has 1 aromatic carbocycles. The number of nitrogens with two attached hydrogens (primary N) is 1. The average Bonchev–Trinajstić information content (AvgIpc) is 2.97. The van der Waals surface area contributed by atoms with Crippen LogP contribution in [0.15, 0.2) is 41.8 Å². The van der Waals surface area contributed by atoms with Crippen molar-refractivity contribution in [2.24, 2.45) is 5.73 Å². The fourth-order valence-corrected chi connectivity index (χ4v) is 2.45. The molecule has 0 aliphatic rings. The van der Waals surface area contributed by atoms with Crippen molar-refractivity contribution in [3.05, 3.63) is 52.2 Å². The highest BCUT2D eigenvalue weighted by Crippen LogP contribution is 2.17. The highest BCUT2D eigenvalue weighted by Gasteiger charge is 2.07. The number of hydrogen-bond donors (Lipinski definition) is 2. The summed E-state index contributed by atoms with van der Waals surface area (Å²) in [5, 5.41) is 4.74. The molecule has 0 aliphatic carbocycles. The predicted octanol–water partition coefficient (Wildman–Crippen LogP) is 3.39. The number of benzene rings is 1. The zero-order valence-electron chi connectivity index (χ0n) is 11.2. The predicted molar refractivity (Wildman–Crippen MR) is 81.9 cm³/mol. The minimum Gasteiger partial charge on any atom is -0.444 e. The topological polar surface area (TPSA) is 64.3 Å². The van der Waals surface area contributed by atoms with Crippen molar-refractivity contribution in [2.75, 3.05) is 11.9 Å². The first-order valence-electron chi connectivity index (χ1n) is 6.53. The number of hydrogen-bond acceptors (Lipinski definition) is 4. The van der Waals surface area contributed by atoms with E-state index in [9.17, 15) is 4.79 Å². The number of rotatable bonds is 6. The summed E-state index contributed by atoms with van der Waals surface area (Å²) in [5.41, 5.74) is 7.38. The van der Waals surface area contributed by atoms with Crippen molar-refractivity contribution in [3.8, 4) is 0 Å². The molecule has 0 unspecified atom stereocenters. The molecule has 0 spiro atoms. The van der Waals surface area contributed by atoms with Crippen molar-refractivity contribution < 1.29 is 9.53 Å². The van der Waals surface area contributed by atoms with Gasteiger partial charge in [-0.15, -0.1) is 11.3 Å². The molecule has 5 heteroatoms. The van der Waals surface area contributed by atoms with Crippen LogP contribution in [0.2, 0.25) is 0 Å². The van der Waals surface area contributed by atoms with Crippen molar-refractivity contribution in [2.45, 2.75) is 19.4 Å². The summed E-state index contributed by atoms with van der Waals surface area (Å²) in [7, 11) is 0. The Morgan fingerprint density at radius 3 is 2.85 bits per heavy atom. The number of ether oxygens (including phenoxy) is 1. The van der Waals surface area contributed by atoms with Crippen molar-refractivity contribution in [1.29, 1.82) is 0 Å². The Morgan fingerprint density at radius 1 is 1.25 bits per heavy atom. The number of carbonyl (C=O) groups is 1. The number of para-hydroxylation sites is 1. The molecule has 0 bridgehead atoms. The van der Waals surface area contributed by atoms with E-state index in [0.29, 0.717) is 13.2 Å². The van der Waals surface area contributed by atoms with Gasteiger partial charge >= 0.3 is 6.09 Å². The molecule has 1 aromatic heterocycles. The zero-order valence-corrected chi connectivity index (χ0v) is 12.0. The van der Waals surface area contributed by atoms with E-state index >= 15 is 0 Å². The number of amides is 1. The lowest BCUT2D eigenvalue weighted by Crippen LogP contribution is -2.14. The average molecular weight is 290 g/mol. The summed E-state index contributed by atoms with van der Waals surface area (Å²) >= 11 is 1.57. The molecule has 0 saturated heterocycles. The first kappa shape index (κ1) is 14.6. The number of anilines is 1. The SMILES string of the molecule is NCCCc1ccccc1NC(=O)OCc1cccs1. The first-order valence-corrected chi connectivity index (χ1v) is 7.41. The minimum absolute atomic E-state index is 0.300. The third kappa shape index (κ3) is 4.36. The van der Waals surface area contributed by atoms with Crippen LogP contribution in [-0.4, -0.2) is 12.6 Å². The zero-order chi connectivity index (χ0) is 14.2. The van der Waals surface area contributed by atoms with Gasteiger partial charge in [-0.3, -0.25) is 5.32 Å². The Kier molecular flexibility index (Phi) is 5.58. The van der Waals surface area contributed by atoms with Gasteiger partial charge in [0.15, 0.2) is 0 Å². The second-order valence-corrected chi connectivity index (χ2v) is 5.36. The molecular formula is C15H18N2O2S. The lowest BCUT2D eigenvalue weighted by Gasteiger charge is -2.10. The molecule has 0 fully saturated rings. The van der Waals surface area contributed by atoms with E-state index in [-0.39, 0.29) is 0 Å². The van der Waals surface area contributed by atoms with E-state index in [1.807, 2.05) is 41.8 Å². The Labute approximate surface area is 122 Å². The highest BCUT2D eigenvalue weighted by molar-refractivity contribution is 7.09. The van der Waals surface area contributed by atoms with Crippen LogP contribution in [0, 0.1) is 0 Å². The summed E-state index contributed by atoms with van der Waals surface area (Å²) in [4.78, 5) is 12.8. The van der Waals surface area contributed by atoms with Gasteiger partial charge in [0.1, 0.15) is 6.61 Å². The molecule has 2 aromatic rings. The molecule has 0 atom stereocenters. The van der Waals surface area contributed by atoms with Crippen LogP contribution in [0.1, 0.15) is 16.9 Å². The Morgan fingerprint density at radius 2 is 2.10 bits per heavy atom. The maximum Gasteiger partial charge on any atom is 0.411 e. The van der Waals surface area contributed by atoms with Gasteiger partial charge in [-0.1, -0.05) is 24.3 Å². The lowest BCUT2D eigenvalue weighted by molar-refractivity contribution is 0.156. The summed E-state index contributed by atoms with van der Waals surface area (Å²) in [5.74, 6) is 0. The van der Waals surface area contributed by atoms with Gasteiger partial charge < -0.3 is 10.5 Å². The number of thiophene rings is 1. The smallest absolute Gasteiger partial charge is 0.411 e. The van der Waals surface area contributed by atoms with Crippen LogP contribution in [0.3, 0.4) is 0 Å². The summed E-state index contributed by atoms with van der Waals surface area (Å²) in [6.45, 7) is 0.936. The molecule has 106 valence electrons. The Balaban J connectivity index is 1.90. The van der Waals surface area contributed by atoms with E-state index < -0.39 is 6.09 Å². The molecule has 3 N–H and O–H groups in total. The van der Waals surface area contributed by atoms with E-state index in [4.69, 9.17) is 10.5 Å². The van der Waals surface area contributed by atoms with Crippen LogP contribution in [-0.2, 0) is 17.8 Å². The monoisotopic (exact) mass is 290 g/mol. The molecule has 0 radical (unpaired) electrons. The Bertz CT molecular complexity index is 541. The van der Waals surface area contributed by atoms with E-state index in [1.54, 1.807) is 11.3 Å². The van der Waals surface area contributed by atoms with Gasteiger partial charge in [0.05, 0.1) is 0 Å². The maximum absolute atomic E-state index is 11.8. The van der Waals surface area contributed by atoms with E-state index in [1.165, 1.54) is 0 Å². The van der Waals surface area contributed by atoms with Crippen LogP contribution < -0.4 is 11.1 Å². The largest absolute Gasteiger partial charge is 0.444 e. The van der Waals surface area contributed by atoms with Crippen molar-refractivity contribution in [3.63, 3.8) is 0 Å². The van der Waals surface area contributed by atoms with Crippen molar-refractivity contribution in [1.82, 2.24) is 0 Å². The molecule has 2 rings (SSSR count). The molecular weight excluding hydrogens is 272 g/mol. The quantitative estimate of drug-likeness (QED) is 0.857. The molecule has 1 amide bonds. The molecule has 0 saturated carbocycles. The third-order valence-electron chi connectivity index (χ3n) is 2.83. The second-order valence-electron chi connectivity index (χ2n) is 4.33. The first-order chi connectivity index (χ1) is 9.79. The van der Waals surface area contributed by atoms with Gasteiger partial charge in [0.25, 0.3) is 0 Å². The van der Waals surface area contributed by atoms with Crippen molar-refractivity contribution >= 4 is 23.1 Å². The number of aryl methyl sites for hydroxylation is 1. The highest BCUT2D eigenvalue weighted by atomic mass is 32.1. The van der Waals surface area contributed by atoms with E-state index in [0.717, 1.165) is 29.0 Å². The minimum atomic E-state index is -0.432. The molecule has 0 aliphatic heterocycles. The van der Waals surface area contributed by atoms with Crippen LogP contribution in [0.4, 0.5) is 10.5 Å².